The summed E-state index contributed by atoms with van der Waals surface area (Å²) in [7, 11) is -0.839. The lowest BCUT2D eigenvalue weighted by Gasteiger charge is -2.12. The molecule has 2 aromatic rings. The van der Waals surface area contributed by atoms with Gasteiger partial charge in [0.2, 0.25) is 10.0 Å². The van der Waals surface area contributed by atoms with Crippen molar-refractivity contribution in [1.82, 2.24) is 4.72 Å². The van der Waals surface area contributed by atoms with Crippen LogP contribution in [0.2, 0.25) is 0 Å². The summed E-state index contributed by atoms with van der Waals surface area (Å²) < 4.78 is 51.2. The summed E-state index contributed by atoms with van der Waals surface area (Å²) in [6.07, 6.45) is 1.84. The Balaban J connectivity index is 1.92. The zero-order valence-electron chi connectivity index (χ0n) is 14.3. The van der Waals surface area contributed by atoms with E-state index in [1.807, 2.05) is 0 Å². The van der Waals surface area contributed by atoms with Crippen molar-refractivity contribution in [2.24, 2.45) is 0 Å². The van der Waals surface area contributed by atoms with Gasteiger partial charge < -0.3 is 9.47 Å². The second kappa shape index (κ2) is 8.82. The second-order valence-corrected chi connectivity index (χ2v) is 7.20. The molecule has 25 heavy (non-hydrogen) atoms. The second-order valence-electron chi connectivity index (χ2n) is 5.46. The van der Waals surface area contributed by atoms with Gasteiger partial charge in [-0.1, -0.05) is 18.2 Å². The van der Waals surface area contributed by atoms with Gasteiger partial charge in [-0.3, -0.25) is 0 Å². The minimum Gasteiger partial charge on any atom is -0.497 e. The maximum atomic E-state index is 13.5. The van der Waals surface area contributed by atoms with Crippen LogP contribution in [-0.4, -0.2) is 29.2 Å². The summed E-state index contributed by atoms with van der Waals surface area (Å²) in [4.78, 5) is 0.0310. The summed E-state index contributed by atoms with van der Waals surface area (Å²) in [5.41, 5.74) is 0.639. The van der Waals surface area contributed by atoms with Crippen LogP contribution < -0.4 is 14.2 Å². The predicted octanol–water partition coefficient (Wildman–Crippen LogP) is 3.14. The van der Waals surface area contributed by atoms with Crippen LogP contribution in [0.4, 0.5) is 4.39 Å². The number of rotatable bonds is 9. The number of hydrogen-bond donors (Lipinski definition) is 1. The maximum Gasteiger partial charge on any atom is 0.244 e. The van der Waals surface area contributed by atoms with Crippen LogP contribution in [0, 0.1) is 5.82 Å². The van der Waals surface area contributed by atoms with Crippen LogP contribution in [0.1, 0.15) is 18.4 Å². The third kappa shape index (κ3) is 5.17. The van der Waals surface area contributed by atoms with Crippen LogP contribution in [0.15, 0.2) is 47.4 Å². The van der Waals surface area contributed by atoms with E-state index >= 15 is 0 Å². The molecule has 0 saturated carbocycles. The Kier molecular flexibility index (Phi) is 6.78. The van der Waals surface area contributed by atoms with E-state index < -0.39 is 10.0 Å². The summed E-state index contributed by atoms with van der Waals surface area (Å²) >= 11 is 0. The topological polar surface area (TPSA) is 64.6 Å². The first kappa shape index (κ1) is 19.2. The molecule has 0 radical (unpaired) electrons. The highest BCUT2D eigenvalue weighted by atomic mass is 32.2. The highest BCUT2D eigenvalue weighted by molar-refractivity contribution is 7.89. The van der Waals surface area contributed by atoms with Crippen molar-refractivity contribution >= 4 is 10.0 Å². The first-order chi connectivity index (χ1) is 12.0. The maximum absolute atomic E-state index is 13.5. The number of benzene rings is 2. The molecule has 0 spiro atoms. The largest absolute Gasteiger partial charge is 0.497 e. The van der Waals surface area contributed by atoms with E-state index in [2.05, 4.69) is 4.72 Å². The van der Waals surface area contributed by atoms with Gasteiger partial charge in [0.1, 0.15) is 22.2 Å². The molecule has 0 fully saturated rings. The molecular weight excluding hydrogens is 345 g/mol. The van der Waals surface area contributed by atoms with Gasteiger partial charge in [0.15, 0.2) is 0 Å². The smallest absolute Gasteiger partial charge is 0.244 e. The quantitative estimate of drug-likeness (QED) is 0.692. The van der Waals surface area contributed by atoms with E-state index in [0.29, 0.717) is 30.6 Å². The summed E-state index contributed by atoms with van der Waals surface area (Å²) in [5, 5.41) is 0. The Bertz CT molecular complexity index is 808. The summed E-state index contributed by atoms with van der Waals surface area (Å²) in [6.45, 7) is 0.261. The Hall–Kier alpha value is -2.12. The molecule has 0 aliphatic rings. The molecule has 0 saturated heterocycles. The van der Waals surface area contributed by atoms with Crippen LogP contribution >= 0.6 is 0 Å². The fourth-order valence-electron chi connectivity index (χ4n) is 2.42. The molecule has 0 heterocycles. The lowest BCUT2D eigenvalue weighted by Crippen LogP contribution is -2.25. The van der Waals surface area contributed by atoms with Gasteiger partial charge in [-0.05, 0) is 43.0 Å². The molecule has 5 nitrogen and oxygen atoms in total. The molecule has 2 rings (SSSR count). The molecule has 0 amide bonds. The molecule has 0 aliphatic heterocycles. The number of unbranched alkanes of at least 4 members (excludes halogenated alkanes) is 1. The molecule has 2 aromatic carbocycles. The fourth-order valence-corrected chi connectivity index (χ4v) is 3.68. The minimum atomic E-state index is -3.72. The number of halogens is 1. The molecule has 7 heteroatoms. The fraction of sp³-hybridized carbons (Fsp3) is 0.333. The van der Waals surface area contributed by atoms with Crippen molar-refractivity contribution in [2.45, 2.75) is 24.2 Å². The van der Waals surface area contributed by atoms with E-state index in [1.54, 1.807) is 30.3 Å². The van der Waals surface area contributed by atoms with Crippen molar-refractivity contribution in [3.63, 3.8) is 0 Å². The van der Waals surface area contributed by atoms with Gasteiger partial charge in [0.05, 0.1) is 14.2 Å². The lowest BCUT2D eigenvalue weighted by molar-refractivity contribution is 0.392. The average molecular weight is 367 g/mol. The van der Waals surface area contributed by atoms with Gasteiger partial charge in [0, 0.05) is 12.6 Å². The number of nitrogens with one attached hydrogen (secondary N) is 1. The zero-order valence-corrected chi connectivity index (χ0v) is 15.1. The van der Waals surface area contributed by atoms with E-state index in [4.69, 9.17) is 9.47 Å². The Morgan fingerprint density at radius 2 is 1.80 bits per heavy atom. The van der Waals surface area contributed by atoms with Crippen LogP contribution in [0.3, 0.4) is 0 Å². The summed E-state index contributed by atoms with van der Waals surface area (Å²) in [6, 6.07) is 11.2. The predicted molar refractivity (Wildman–Crippen MR) is 94.1 cm³/mol. The van der Waals surface area contributed by atoms with E-state index in [9.17, 15) is 12.8 Å². The highest BCUT2D eigenvalue weighted by Gasteiger charge is 2.20. The number of ether oxygens (including phenoxy) is 2. The number of methoxy groups -OCH3 is 2. The number of aryl methyl sites for hydroxylation is 1. The van der Waals surface area contributed by atoms with Crippen LogP contribution in [0.5, 0.6) is 11.5 Å². The molecule has 0 aliphatic carbocycles. The molecule has 1 N–H and O–H groups in total. The Morgan fingerprint density at radius 1 is 1.04 bits per heavy atom. The van der Waals surface area contributed by atoms with Gasteiger partial charge in [-0.25, -0.2) is 17.5 Å². The van der Waals surface area contributed by atoms with E-state index in [-0.39, 0.29) is 23.0 Å². The van der Waals surface area contributed by atoms with E-state index in [0.717, 1.165) is 0 Å². The third-order valence-electron chi connectivity index (χ3n) is 3.78. The molecule has 0 bridgehead atoms. The molecule has 0 atom stereocenters. The summed E-state index contributed by atoms with van der Waals surface area (Å²) in [5.74, 6) is 0.449. The van der Waals surface area contributed by atoms with Gasteiger partial charge in [-0.15, -0.1) is 0 Å². The first-order valence-electron chi connectivity index (χ1n) is 7.93. The zero-order chi connectivity index (χ0) is 18.3. The van der Waals surface area contributed by atoms with Crippen molar-refractivity contribution in [2.75, 3.05) is 20.8 Å². The Morgan fingerprint density at radius 3 is 2.48 bits per heavy atom. The van der Waals surface area contributed by atoms with Crippen LogP contribution in [-0.2, 0) is 16.4 Å². The molecule has 0 unspecified atom stereocenters. The van der Waals surface area contributed by atoms with Crippen molar-refractivity contribution in [3.05, 3.63) is 53.8 Å². The average Bonchev–Trinajstić information content (AvgIpc) is 2.62. The minimum absolute atomic E-state index is 0.0310. The van der Waals surface area contributed by atoms with Gasteiger partial charge >= 0.3 is 0 Å². The number of sulfonamides is 1. The third-order valence-corrected chi connectivity index (χ3v) is 5.27. The SMILES string of the molecule is COc1ccc(OC)c(S(=O)(=O)NCCCCc2ccccc2F)c1. The first-order valence-corrected chi connectivity index (χ1v) is 9.41. The van der Waals surface area contributed by atoms with Crippen LogP contribution in [0.25, 0.3) is 0 Å². The normalized spacial score (nSPS) is 11.3. The standard InChI is InChI=1S/C18H22FNO4S/c1-23-15-10-11-17(24-2)18(13-15)25(21,22)20-12-6-5-8-14-7-3-4-9-16(14)19/h3-4,7,9-11,13,20H,5-6,8,12H2,1-2H3. The lowest BCUT2D eigenvalue weighted by atomic mass is 10.1. The number of hydrogen-bond acceptors (Lipinski definition) is 4. The highest BCUT2D eigenvalue weighted by Crippen LogP contribution is 2.27. The Labute approximate surface area is 147 Å². The van der Waals surface area contributed by atoms with Gasteiger partial charge in [0.25, 0.3) is 0 Å². The molecular formula is C18H22FNO4S. The monoisotopic (exact) mass is 367 g/mol. The van der Waals surface area contributed by atoms with Crippen molar-refractivity contribution < 1.29 is 22.3 Å². The van der Waals surface area contributed by atoms with E-state index in [1.165, 1.54) is 26.4 Å². The van der Waals surface area contributed by atoms with Crippen molar-refractivity contribution in [1.29, 1.82) is 0 Å². The van der Waals surface area contributed by atoms with Gasteiger partial charge in [-0.2, -0.15) is 0 Å². The molecule has 136 valence electrons. The van der Waals surface area contributed by atoms with Crippen molar-refractivity contribution in [3.8, 4) is 11.5 Å². The molecule has 0 aromatic heterocycles.